The van der Waals surface area contributed by atoms with Gasteiger partial charge in [-0.1, -0.05) is 70.3 Å². The van der Waals surface area contributed by atoms with Crippen molar-refractivity contribution in [3.05, 3.63) is 104 Å². The summed E-state index contributed by atoms with van der Waals surface area (Å²) in [5.74, 6) is -0.843. The number of nitriles is 1. The molecule has 0 bridgehead atoms. The molecule has 0 aliphatic carbocycles. The van der Waals surface area contributed by atoms with Crippen LogP contribution in [0.1, 0.15) is 11.1 Å². The van der Waals surface area contributed by atoms with Crippen molar-refractivity contribution in [3.8, 4) is 6.07 Å². The fourth-order valence-corrected chi connectivity index (χ4v) is 5.28. The van der Waals surface area contributed by atoms with Crippen LogP contribution in [0.15, 0.2) is 77.3 Å². The number of hydrogen-bond acceptors (Lipinski definition) is 4. The van der Waals surface area contributed by atoms with Crippen molar-refractivity contribution in [1.82, 2.24) is 0 Å². The summed E-state index contributed by atoms with van der Waals surface area (Å²) >= 11 is 19.3. The van der Waals surface area contributed by atoms with Gasteiger partial charge in [-0.15, -0.1) is 0 Å². The second-order valence-corrected chi connectivity index (χ2v) is 10.3. The molecule has 5 nitrogen and oxygen atoms in total. The molecule has 1 fully saturated rings. The molecule has 1 aliphatic rings. The number of anilines is 2. The molecule has 0 aromatic heterocycles. The molecule has 1 saturated heterocycles. The number of hydrogen-bond donors (Lipinski definition) is 1. The van der Waals surface area contributed by atoms with Gasteiger partial charge in [-0.3, -0.25) is 14.5 Å². The van der Waals surface area contributed by atoms with Crippen LogP contribution in [0.25, 0.3) is 0 Å². The molecule has 2 amide bonds. The van der Waals surface area contributed by atoms with Crippen molar-refractivity contribution < 1.29 is 9.59 Å². The predicted octanol–water partition coefficient (Wildman–Crippen LogP) is 7.02. The third-order valence-corrected chi connectivity index (χ3v) is 7.56. The third-order valence-electron chi connectivity index (χ3n) is 5.30. The zero-order valence-corrected chi connectivity index (χ0v) is 21.5. The predicted molar refractivity (Wildman–Crippen MR) is 143 cm³/mol. The first-order valence-electron chi connectivity index (χ1n) is 10.5. The monoisotopic (exact) mass is 541 g/mol. The molecule has 9 heteroatoms. The van der Waals surface area contributed by atoms with Gasteiger partial charge in [0.1, 0.15) is 16.7 Å². The molecule has 0 spiro atoms. The largest absolute Gasteiger partial charge is 0.321 e. The number of aryl methyl sites for hydroxylation is 1. The zero-order valence-electron chi connectivity index (χ0n) is 18.4. The van der Waals surface area contributed by atoms with Crippen molar-refractivity contribution >= 4 is 69.8 Å². The van der Waals surface area contributed by atoms with E-state index in [9.17, 15) is 14.9 Å². The molecule has 1 aliphatic heterocycles. The van der Waals surface area contributed by atoms with Crippen LogP contribution in [0.5, 0.6) is 0 Å². The van der Waals surface area contributed by atoms with E-state index < -0.39 is 11.2 Å². The van der Waals surface area contributed by atoms with Crippen molar-refractivity contribution in [3.63, 3.8) is 0 Å². The van der Waals surface area contributed by atoms with E-state index in [1.807, 2.05) is 25.1 Å². The Labute approximate surface area is 222 Å². The second-order valence-electron chi connectivity index (χ2n) is 7.82. The number of rotatable bonds is 5. The summed E-state index contributed by atoms with van der Waals surface area (Å²) in [6.45, 7) is 1.94. The van der Waals surface area contributed by atoms with Gasteiger partial charge in [0.15, 0.2) is 0 Å². The second kappa shape index (κ2) is 10.8. The van der Waals surface area contributed by atoms with E-state index in [4.69, 9.17) is 34.8 Å². The lowest BCUT2D eigenvalue weighted by Gasteiger charge is -2.19. The van der Waals surface area contributed by atoms with Gasteiger partial charge >= 0.3 is 0 Å². The number of nitrogens with one attached hydrogen (secondary N) is 1. The number of amides is 2. The van der Waals surface area contributed by atoms with Crippen LogP contribution in [-0.4, -0.2) is 17.1 Å². The summed E-state index contributed by atoms with van der Waals surface area (Å²) in [6.07, 6.45) is 0.351. The molecule has 35 heavy (non-hydrogen) atoms. The van der Waals surface area contributed by atoms with E-state index >= 15 is 0 Å². The van der Waals surface area contributed by atoms with Gasteiger partial charge in [0.05, 0.1) is 15.3 Å². The first kappa shape index (κ1) is 25.2. The number of thioether (sulfide) groups is 1. The average Bonchev–Trinajstić information content (AvgIpc) is 3.14. The Bertz CT molecular complexity index is 1370. The molecule has 1 heterocycles. The SMILES string of the molecule is Cc1ccc(N2C(=O)[C@H](Cc3ccc(Cl)c(Cl)c3)S/C2=C(/C#N)C(=O)Nc2ccc(Cl)cc2)cc1. The lowest BCUT2D eigenvalue weighted by Crippen LogP contribution is -2.30. The molecule has 176 valence electrons. The van der Waals surface area contributed by atoms with E-state index in [1.165, 1.54) is 16.7 Å². The van der Waals surface area contributed by atoms with Crippen LogP contribution in [0.2, 0.25) is 15.1 Å². The maximum Gasteiger partial charge on any atom is 0.269 e. The van der Waals surface area contributed by atoms with Crippen molar-refractivity contribution in [2.45, 2.75) is 18.6 Å². The van der Waals surface area contributed by atoms with Gasteiger partial charge in [0.2, 0.25) is 5.91 Å². The fraction of sp³-hybridized carbons (Fsp3) is 0.115. The highest BCUT2D eigenvalue weighted by Gasteiger charge is 2.40. The van der Waals surface area contributed by atoms with Gasteiger partial charge in [-0.25, -0.2) is 0 Å². The molecular formula is C26H18Cl3N3O2S. The Balaban J connectivity index is 1.72. The first-order valence-corrected chi connectivity index (χ1v) is 12.5. The number of carbonyl (C=O) groups is 2. The van der Waals surface area contributed by atoms with Crippen LogP contribution in [0.4, 0.5) is 11.4 Å². The highest BCUT2D eigenvalue weighted by Crippen LogP contribution is 2.42. The summed E-state index contributed by atoms with van der Waals surface area (Å²) in [7, 11) is 0. The minimum atomic E-state index is -0.613. The Hall–Kier alpha value is -2.95. The Morgan fingerprint density at radius 2 is 1.71 bits per heavy atom. The van der Waals surface area contributed by atoms with Crippen LogP contribution in [-0.2, 0) is 16.0 Å². The van der Waals surface area contributed by atoms with E-state index in [0.29, 0.717) is 32.9 Å². The van der Waals surface area contributed by atoms with E-state index in [0.717, 1.165) is 11.1 Å². The Morgan fingerprint density at radius 3 is 2.34 bits per heavy atom. The minimum absolute atomic E-state index is 0.157. The molecule has 3 aromatic carbocycles. The third kappa shape index (κ3) is 5.66. The number of benzene rings is 3. The highest BCUT2D eigenvalue weighted by atomic mass is 35.5. The minimum Gasteiger partial charge on any atom is -0.321 e. The molecule has 0 unspecified atom stereocenters. The van der Waals surface area contributed by atoms with E-state index in [1.54, 1.807) is 54.6 Å². The number of halogens is 3. The summed E-state index contributed by atoms with van der Waals surface area (Å²) in [5, 5.41) is 13.7. The molecule has 3 aromatic rings. The smallest absolute Gasteiger partial charge is 0.269 e. The van der Waals surface area contributed by atoms with Crippen LogP contribution in [0.3, 0.4) is 0 Å². The summed E-state index contributed by atoms with van der Waals surface area (Å²) in [5.41, 5.74) is 2.74. The Morgan fingerprint density at radius 1 is 1.03 bits per heavy atom. The van der Waals surface area contributed by atoms with Crippen LogP contribution in [0, 0.1) is 18.3 Å². The maximum absolute atomic E-state index is 13.6. The topological polar surface area (TPSA) is 73.2 Å². The number of nitrogens with zero attached hydrogens (tertiary/aromatic N) is 2. The lowest BCUT2D eigenvalue weighted by atomic mass is 10.1. The molecule has 0 radical (unpaired) electrons. The first-order chi connectivity index (χ1) is 16.8. The normalized spacial score (nSPS) is 16.7. The van der Waals surface area contributed by atoms with E-state index in [2.05, 4.69) is 5.32 Å². The average molecular weight is 543 g/mol. The lowest BCUT2D eigenvalue weighted by molar-refractivity contribution is -0.117. The van der Waals surface area contributed by atoms with Crippen molar-refractivity contribution in [2.75, 3.05) is 10.2 Å². The molecule has 0 saturated carbocycles. The quantitative estimate of drug-likeness (QED) is 0.278. The Kier molecular flexibility index (Phi) is 7.73. The fourth-order valence-electron chi connectivity index (χ4n) is 3.52. The number of carbonyl (C=O) groups excluding carboxylic acids is 2. The van der Waals surface area contributed by atoms with E-state index in [-0.39, 0.29) is 16.5 Å². The summed E-state index contributed by atoms with van der Waals surface area (Å²) < 4.78 is 0. The van der Waals surface area contributed by atoms with Crippen molar-refractivity contribution in [1.29, 1.82) is 5.26 Å². The maximum atomic E-state index is 13.6. The van der Waals surface area contributed by atoms with Gasteiger partial charge < -0.3 is 5.32 Å². The molecule has 4 rings (SSSR count). The highest BCUT2D eigenvalue weighted by molar-refractivity contribution is 8.05. The van der Waals surface area contributed by atoms with Gasteiger partial charge in [-0.05, 0) is 67.4 Å². The van der Waals surface area contributed by atoms with Gasteiger partial charge in [-0.2, -0.15) is 5.26 Å². The molecular weight excluding hydrogens is 525 g/mol. The van der Waals surface area contributed by atoms with Gasteiger partial charge in [0.25, 0.3) is 5.91 Å². The zero-order chi connectivity index (χ0) is 25.1. The van der Waals surface area contributed by atoms with Crippen molar-refractivity contribution in [2.24, 2.45) is 0 Å². The molecule has 1 N–H and O–H groups in total. The van der Waals surface area contributed by atoms with Crippen LogP contribution >= 0.6 is 46.6 Å². The standard InChI is InChI=1S/C26H18Cl3N3O2S/c1-15-2-9-19(10-3-15)32-25(34)23(13-16-4-11-21(28)22(29)12-16)35-26(32)20(14-30)24(33)31-18-7-5-17(27)6-8-18/h2-12,23H,13H2,1H3,(H,31,33)/b26-20-/t23-/m0/s1. The van der Waals surface area contributed by atoms with Crippen LogP contribution < -0.4 is 10.2 Å². The summed E-state index contributed by atoms with van der Waals surface area (Å²) in [6, 6.07) is 21.1. The molecule has 1 atom stereocenters. The summed E-state index contributed by atoms with van der Waals surface area (Å²) in [4.78, 5) is 28.1. The van der Waals surface area contributed by atoms with Gasteiger partial charge in [0, 0.05) is 16.4 Å².